The van der Waals surface area contributed by atoms with Gasteiger partial charge in [0, 0.05) is 5.92 Å². The largest absolute Gasteiger partial charge is 0.323 e. The Morgan fingerprint density at radius 3 is 2.92 bits per heavy atom. The molecule has 1 aromatic carbocycles. The molecule has 0 amide bonds. The van der Waals surface area contributed by atoms with Gasteiger partial charge >= 0.3 is 0 Å². The highest BCUT2D eigenvalue weighted by Gasteiger charge is 2.30. The number of hydrogen-bond donors (Lipinski definition) is 2. The van der Waals surface area contributed by atoms with Crippen LogP contribution in [0.3, 0.4) is 0 Å². The lowest BCUT2D eigenvalue weighted by Gasteiger charge is -2.36. The molecule has 1 unspecified atom stereocenters. The third-order valence-corrected chi connectivity index (χ3v) is 4.84. The molecule has 0 saturated carbocycles. The Kier molecular flexibility index (Phi) is 4.56. The minimum Gasteiger partial charge on any atom is -0.323 e. The lowest BCUT2D eigenvalue weighted by molar-refractivity contribution is 0.255. The Morgan fingerprint density at radius 1 is 1.38 bits per heavy atom. The number of aromatic nitrogens is 2. The number of aromatic amines is 1. The number of H-pyrrole nitrogens is 1. The summed E-state index contributed by atoms with van der Waals surface area (Å²) < 4.78 is 0. The van der Waals surface area contributed by atoms with E-state index in [4.69, 9.17) is 0 Å². The molecule has 4 heteroatoms. The van der Waals surface area contributed by atoms with Gasteiger partial charge < -0.3 is 4.98 Å². The van der Waals surface area contributed by atoms with Crippen LogP contribution in [0.25, 0.3) is 11.0 Å². The fraction of sp³-hybridized carbons (Fsp3) is 0.400. The van der Waals surface area contributed by atoms with Crippen molar-refractivity contribution < 1.29 is 0 Å². The van der Waals surface area contributed by atoms with Crippen LogP contribution in [-0.2, 0) is 0 Å². The van der Waals surface area contributed by atoms with E-state index in [9.17, 15) is 0 Å². The smallest absolute Gasteiger partial charge is 0.222 e. The summed E-state index contributed by atoms with van der Waals surface area (Å²) in [6.07, 6.45) is 9.16. The number of allylic oxidation sites excluding steroid dienone is 4. The molecule has 0 fully saturated rings. The van der Waals surface area contributed by atoms with E-state index in [2.05, 4.69) is 59.5 Å². The highest BCUT2D eigenvalue weighted by molar-refractivity contribution is 5.93. The zero-order valence-corrected chi connectivity index (χ0v) is 14.9. The molecule has 0 saturated heterocycles. The summed E-state index contributed by atoms with van der Waals surface area (Å²) in [4.78, 5) is 7.68. The van der Waals surface area contributed by atoms with Gasteiger partial charge in [0.25, 0.3) is 0 Å². The summed E-state index contributed by atoms with van der Waals surface area (Å²) in [6.45, 7) is 8.92. The van der Waals surface area contributed by atoms with E-state index in [0.29, 0.717) is 17.3 Å². The van der Waals surface area contributed by atoms with Crippen LogP contribution in [0.2, 0.25) is 0 Å². The van der Waals surface area contributed by atoms with E-state index in [0.717, 1.165) is 16.7 Å². The maximum absolute atomic E-state index is 4.46. The molecule has 24 heavy (non-hydrogen) atoms. The summed E-state index contributed by atoms with van der Waals surface area (Å²) in [7, 11) is 0. The summed E-state index contributed by atoms with van der Waals surface area (Å²) in [5.41, 5.74) is 7.66. The molecule has 126 valence electrons. The van der Waals surface area contributed by atoms with Gasteiger partial charge in [0.15, 0.2) is 0 Å². The molecule has 3 rings (SSSR count). The molecule has 2 N–H and O–H groups in total. The first-order valence-corrected chi connectivity index (χ1v) is 8.55. The van der Waals surface area contributed by atoms with Crippen molar-refractivity contribution >= 4 is 22.7 Å². The Labute approximate surface area is 143 Å². The lowest BCUT2D eigenvalue weighted by atomic mass is 9.68. The maximum Gasteiger partial charge on any atom is 0.222 e. The maximum atomic E-state index is 4.46. The van der Waals surface area contributed by atoms with Gasteiger partial charge in [0.05, 0.1) is 16.7 Å². The van der Waals surface area contributed by atoms with Gasteiger partial charge in [0.1, 0.15) is 0 Å². The Balaban J connectivity index is 1.69. The lowest BCUT2D eigenvalue weighted by Crippen LogP contribution is -2.26. The van der Waals surface area contributed by atoms with E-state index in [-0.39, 0.29) is 0 Å². The minimum absolute atomic E-state index is 0.307. The van der Waals surface area contributed by atoms with Gasteiger partial charge in [-0.15, -0.1) is 0 Å². The number of para-hydroxylation sites is 2. The summed E-state index contributed by atoms with van der Waals surface area (Å²) >= 11 is 0. The molecule has 1 aliphatic carbocycles. The standard InChI is InChI=1S/C20H26N4/c1-14-8-7-13-20(3,4)16(14)12-11-15(2)23-24-19-21-17-9-5-6-10-18(17)22-19/h5-6,8-12,16H,7,13H2,1-4H3,(H2,21,22,24)/b12-11+,23-15-. The second kappa shape index (κ2) is 6.63. The molecule has 1 atom stereocenters. The normalized spacial score (nSPS) is 21.2. The fourth-order valence-corrected chi connectivity index (χ4v) is 3.40. The van der Waals surface area contributed by atoms with Gasteiger partial charge in [-0.25, -0.2) is 10.4 Å². The molecular weight excluding hydrogens is 296 g/mol. The molecule has 1 heterocycles. The Hall–Kier alpha value is -2.36. The van der Waals surface area contributed by atoms with Crippen molar-refractivity contribution in [3.8, 4) is 0 Å². The topological polar surface area (TPSA) is 53.1 Å². The van der Waals surface area contributed by atoms with Gasteiger partial charge in [-0.2, -0.15) is 5.10 Å². The number of imidazole rings is 1. The Morgan fingerprint density at radius 2 is 2.17 bits per heavy atom. The van der Waals surface area contributed by atoms with E-state index in [1.54, 1.807) is 0 Å². The van der Waals surface area contributed by atoms with Crippen LogP contribution in [0.15, 0.2) is 53.2 Å². The summed E-state index contributed by atoms with van der Waals surface area (Å²) in [5.74, 6) is 1.14. The molecule has 0 aliphatic heterocycles. The number of rotatable bonds is 4. The molecule has 4 nitrogen and oxygen atoms in total. The number of benzene rings is 1. The van der Waals surface area contributed by atoms with Crippen LogP contribution in [0, 0.1) is 11.3 Å². The van der Waals surface area contributed by atoms with E-state index >= 15 is 0 Å². The summed E-state index contributed by atoms with van der Waals surface area (Å²) in [5, 5.41) is 4.41. The second-order valence-corrected chi connectivity index (χ2v) is 7.28. The summed E-state index contributed by atoms with van der Waals surface area (Å²) in [6, 6.07) is 7.95. The van der Waals surface area contributed by atoms with Crippen molar-refractivity contribution in [3.05, 3.63) is 48.1 Å². The van der Waals surface area contributed by atoms with Crippen molar-refractivity contribution in [1.29, 1.82) is 0 Å². The van der Waals surface area contributed by atoms with Crippen LogP contribution in [0.1, 0.15) is 40.5 Å². The van der Waals surface area contributed by atoms with Crippen LogP contribution < -0.4 is 5.43 Å². The number of nitrogens with zero attached hydrogens (tertiary/aromatic N) is 2. The Bertz CT molecular complexity index is 775. The first-order chi connectivity index (χ1) is 11.5. The van der Waals surface area contributed by atoms with Crippen LogP contribution in [-0.4, -0.2) is 15.7 Å². The van der Waals surface area contributed by atoms with Gasteiger partial charge in [-0.05, 0) is 50.3 Å². The minimum atomic E-state index is 0.307. The van der Waals surface area contributed by atoms with Crippen molar-refractivity contribution in [2.75, 3.05) is 5.43 Å². The number of hydrogen-bond acceptors (Lipinski definition) is 3. The molecule has 1 aliphatic rings. The first kappa shape index (κ1) is 16.5. The molecule has 0 radical (unpaired) electrons. The fourth-order valence-electron chi connectivity index (χ4n) is 3.40. The van der Waals surface area contributed by atoms with Gasteiger partial charge in [-0.1, -0.05) is 43.7 Å². The van der Waals surface area contributed by atoms with E-state index < -0.39 is 0 Å². The highest BCUT2D eigenvalue weighted by Crippen LogP contribution is 2.41. The average Bonchev–Trinajstić information content (AvgIpc) is 2.94. The monoisotopic (exact) mass is 322 g/mol. The highest BCUT2D eigenvalue weighted by atomic mass is 15.4. The molecule has 1 aromatic heterocycles. The van der Waals surface area contributed by atoms with Crippen molar-refractivity contribution in [2.24, 2.45) is 16.4 Å². The van der Waals surface area contributed by atoms with E-state index in [1.165, 1.54) is 18.4 Å². The zero-order valence-electron chi connectivity index (χ0n) is 14.9. The van der Waals surface area contributed by atoms with Gasteiger partial charge in [-0.3, -0.25) is 0 Å². The average molecular weight is 322 g/mol. The molecule has 0 bridgehead atoms. The van der Waals surface area contributed by atoms with Gasteiger partial charge in [0.2, 0.25) is 5.95 Å². The zero-order chi connectivity index (χ0) is 17.2. The predicted octanol–water partition coefficient (Wildman–Crippen LogP) is 5.29. The second-order valence-electron chi connectivity index (χ2n) is 7.28. The number of anilines is 1. The number of nitrogens with one attached hydrogen (secondary N) is 2. The SMILES string of the molecule is CC1=CCCC(C)(C)C1/C=C/C(C)=N\Nc1nc2ccccc2[nH]1. The van der Waals surface area contributed by atoms with Crippen molar-refractivity contribution in [3.63, 3.8) is 0 Å². The number of hydrazone groups is 1. The number of fused-ring (bicyclic) bond motifs is 1. The third kappa shape index (κ3) is 3.58. The third-order valence-electron chi connectivity index (χ3n) is 4.84. The molecule has 0 spiro atoms. The van der Waals surface area contributed by atoms with E-state index in [1.807, 2.05) is 31.2 Å². The quantitative estimate of drug-likeness (QED) is 0.456. The van der Waals surface area contributed by atoms with Crippen molar-refractivity contribution in [2.45, 2.75) is 40.5 Å². The molecule has 2 aromatic rings. The molecular formula is C20H26N4. The first-order valence-electron chi connectivity index (χ1n) is 8.55. The van der Waals surface area contributed by atoms with Crippen molar-refractivity contribution in [1.82, 2.24) is 9.97 Å². The predicted molar refractivity (Wildman–Crippen MR) is 102 cm³/mol. The van der Waals surface area contributed by atoms with Crippen LogP contribution >= 0.6 is 0 Å². The van der Waals surface area contributed by atoms with Crippen LogP contribution in [0.4, 0.5) is 5.95 Å². The van der Waals surface area contributed by atoms with Crippen LogP contribution in [0.5, 0.6) is 0 Å².